The van der Waals surface area contributed by atoms with E-state index < -0.39 is 0 Å². The van der Waals surface area contributed by atoms with Crippen LogP contribution in [0.3, 0.4) is 0 Å². The summed E-state index contributed by atoms with van der Waals surface area (Å²) in [6, 6.07) is 15.2. The third kappa shape index (κ3) is 4.12. The van der Waals surface area contributed by atoms with Crippen LogP contribution >= 0.6 is 11.6 Å². The van der Waals surface area contributed by atoms with Crippen molar-refractivity contribution in [3.05, 3.63) is 65.0 Å². The Bertz CT molecular complexity index is 1160. The van der Waals surface area contributed by atoms with Crippen molar-refractivity contribution in [1.29, 1.82) is 0 Å². The Morgan fingerprint density at radius 3 is 2.62 bits per heavy atom. The average molecular weight is 451 g/mol. The van der Waals surface area contributed by atoms with Gasteiger partial charge in [-0.1, -0.05) is 41.4 Å². The highest BCUT2D eigenvalue weighted by Crippen LogP contribution is 2.34. The Morgan fingerprint density at radius 2 is 1.91 bits per heavy atom. The lowest BCUT2D eigenvalue weighted by Gasteiger charge is -2.24. The molecular formula is C24H23ClN4O3. The van der Waals surface area contributed by atoms with Crippen LogP contribution in [-0.2, 0) is 16.1 Å². The zero-order chi connectivity index (χ0) is 22.2. The summed E-state index contributed by atoms with van der Waals surface area (Å²) in [4.78, 5) is 29.5. The van der Waals surface area contributed by atoms with Crippen LogP contribution < -0.4 is 4.90 Å². The first-order valence-electron chi connectivity index (χ1n) is 10.7. The largest absolute Gasteiger partial charge is 0.419 e. The summed E-state index contributed by atoms with van der Waals surface area (Å²) in [5.41, 5.74) is 2.62. The number of halogens is 1. The van der Waals surface area contributed by atoms with Crippen molar-refractivity contribution < 1.29 is 14.0 Å². The van der Waals surface area contributed by atoms with Crippen LogP contribution in [0.5, 0.6) is 0 Å². The minimum Gasteiger partial charge on any atom is -0.419 e. The Morgan fingerprint density at radius 1 is 1.16 bits per heavy atom. The first-order valence-corrected chi connectivity index (χ1v) is 11.1. The van der Waals surface area contributed by atoms with Crippen molar-refractivity contribution in [1.82, 2.24) is 15.1 Å². The molecule has 1 aliphatic heterocycles. The molecule has 164 valence electrons. The van der Waals surface area contributed by atoms with Crippen LogP contribution in [0.2, 0.25) is 5.02 Å². The molecular weight excluding hydrogens is 428 g/mol. The van der Waals surface area contributed by atoms with Crippen LogP contribution in [0, 0.1) is 12.8 Å². The van der Waals surface area contributed by atoms with E-state index in [-0.39, 0.29) is 36.7 Å². The molecule has 0 spiro atoms. The molecule has 7 nitrogen and oxygen atoms in total. The zero-order valence-electron chi connectivity index (χ0n) is 17.7. The first-order chi connectivity index (χ1) is 15.5. The Labute approximate surface area is 191 Å². The van der Waals surface area contributed by atoms with Gasteiger partial charge in [0.05, 0.1) is 23.0 Å². The molecule has 0 unspecified atom stereocenters. The first kappa shape index (κ1) is 20.7. The molecule has 2 aromatic carbocycles. The van der Waals surface area contributed by atoms with Gasteiger partial charge in [-0.25, -0.2) is 0 Å². The number of amides is 2. The second-order valence-corrected chi connectivity index (χ2v) is 8.83. The Hall–Kier alpha value is -3.19. The van der Waals surface area contributed by atoms with Gasteiger partial charge in [0.15, 0.2) is 0 Å². The lowest BCUT2D eigenvalue weighted by molar-refractivity contribution is -0.137. The van der Waals surface area contributed by atoms with Gasteiger partial charge in [-0.15, -0.1) is 10.2 Å². The van der Waals surface area contributed by atoms with E-state index >= 15 is 0 Å². The van der Waals surface area contributed by atoms with E-state index in [9.17, 15) is 9.59 Å². The lowest BCUT2D eigenvalue weighted by atomic mass is 10.1. The third-order valence-electron chi connectivity index (χ3n) is 5.97. The van der Waals surface area contributed by atoms with Crippen LogP contribution in [0.4, 0.5) is 5.69 Å². The molecule has 2 heterocycles. The van der Waals surface area contributed by atoms with Gasteiger partial charge in [-0.05, 0) is 44.0 Å². The number of rotatable bonds is 6. The summed E-state index contributed by atoms with van der Waals surface area (Å²) in [5.74, 6) is 0.250. The minimum atomic E-state index is -0.379. The molecule has 5 rings (SSSR count). The number of aromatic nitrogens is 2. The van der Waals surface area contributed by atoms with E-state index in [1.54, 1.807) is 15.9 Å². The smallest absolute Gasteiger partial charge is 0.249 e. The summed E-state index contributed by atoms with van der Waals surface area (Å²) in [7, 11) is 0. The van der Waals surface area contributed by atoms with Gasteiger partial charge in [-0.2, -0.15) is 0 Å². The van der Waals surface area contributed by atoms with E-state index in [0.717, 1.165) is 24.1 Å². The standard InChI is InChI=1S/C24H23ClN4O3/c1-15-6-8-17(9-7-15)28-13-16(12-22(28)30)24(31)29(18-10-11-18)14-21-26-27-23(32-21)19-4-2-3-5-20(19)25/h2-9,16,18H,10-14H2,1H3/t16-/m0/s1. The molecule has 32 heavy (non-hydrogen) atoms. The van der Waals surface area contributed by atoms with Crippen molar-refractivity contribution in [2.75, 3.05) is 11.4 Å². The number of anilines is 1. The van der Waals surface area contributed by atoms with Crippen molar-refractivity contribution in [2.24, 2.45) is 5.92 Å². The van der Waals surface area contributed by atoms with E-state index in [1.807, 2.05) is 49.4 Å². The number of benzene rings is 2. The number of hydrogen-bond donors (Lipinski definition) is 0. The SMILES string of the molecule is Cc1ccc(N2C[C@@H](C(=O)N(Cc3nnc(-c4ccccc4Cl)o3)C3CC3)CC2=O)cc1. The fraction of sp³-hybridized carbons (Fsp3) is 0.333. The van der Waals surface area contributed by atoms with Crippen molar-refractivity contribution in [3.8, 4) is 11.5 Å². The van der Waals surface area contributed by atoms with Crippen LogP contribution in [0.25, 0.3) is 11.5 Å². The van der Waals surface area contributed by atoms with Crippen LogP contribution in [-0.4, -0.2) is 39.5 Å². The number of hydrogen-bond acceptors (Lipinski definition) is 5. The summed E-state index contributed by atoms with van der Waals surface area (Å²) >= 11 is 6.23. The molecule has 2 aliphatic rings. The molecule has 1 aliphatic carbocycles. The van der Waals surface area contributed by atoms with Crippen molar-refractivity contribution in [2.45, 2.75) is 38.8 Å². The van der Waals surface area contributed by atoms with E-state index in [4.69, 9.17) is 16.0 Å². The van der Waals surface area contributed by atoms with E-state index in [2.05, 4.69) is 10.2 Å². The average Bonchev–Trinajstić information content (AvgIpc) is 3.40. The second kappa shape index (κ2) is 8.39. The van der Waals surface area contributed by atoms with Crippen LogP contribution in [0.15, 0.2) is 52.9 Å². The topological polar surface area (TPSA) is 79.5 Å². The van der Waals surface area contributed by atoms with Gasteiger partial charge < -0.3 is 14.2 Å². The van der Waals surface area contributed by atoms with Gasteiger partial charge in [0.1, 0.15) is 0 Å². The molecule has 0 bridgehead atoms. The minimum absolute atomic E-state index is 0.0262. The summed E-state index contributed by atoms with van der Waals surface area (Å²) < 4.78 is 5.82. The molecule has 1 saturated carbocycles. The highest BCUT2D eigenvalue weighted by atomic mass is 35.5. The monoisotopic (exact) mass is 450 g/mol. The fourth-order valence-electron chi connectivity index (χ4n) is 4.06. The van der Waals surface area contributed by atoms with E-state index in [1.165, 1.54) is 0 Å². The maximum atomic E-state index is 13.4. The van der Waals surface area contributed by atoms with E-state index in [0.29, 0.717) is 28.9 Å². The number of nitrogens with zero attached hydrogens (tertiary/aromatic N) is 4. The van der Waals surface area contributed by atoms with Gasteiger partial charge in [0.25, 0.3) is 0 Å². The maximum Gasteiger partial charge on any atom is 0.249 e. The Kier molecular flexibility index (Phi) is 5.43. The maximum absolute atomic E-state index is 13.4. The number of carbonyl (C=O) groups is 2. The predicted molar refractivity (Wildman–Crippen MR) is 120 cm³/mol. The highest BCUT2D eigenvalue weighted by molar-refractivity contribution is 6.33. The van der Waals surface area contributed by atoms with Crippen molar-refractivity contribution in [3.63, 3.8) is 0 Å². The molecule has 8 heteroatoms. The molecule has 1 atom stereocenters. The van der Waals surface area contributed by atoms with Gasteiger partial charge >= 0.3 is 0 Å². The second-order valence-electron chi connectivity index (χ2n) is 8.42. The third-order valence-corrected chi connectivity index (χ3v) is 6.30. The van der Waals surface area contributed by atoms with Crippen LogP contribution in [0.1, 0.15) is 30.7 Å². The molecule has 1 saturated heterocycles. The number of aryl methyl sites for hydroxylation is 1. The Balaban J connectivity index is 1.31. The molecule has 2 fully saturated rings. The summed E-state index contributed by atoms with van der Waals surface area (Å²) in [5, 5.41) is 8.76. The zero-order valence-corrected chi connectivity index (χ0v) is 18.5. The normalized spacial score (nSPS) is 18.2. The summed E-state index contributed by atoms with van der Waals surface area (Å²) in [6.07, 6.45) is 2.10. The highest BCUT2D eigenvalue weighted by Gasteiger charge is 2.42. The van der Waals surface area contributed by atoms with Crippen molar-refractivity contribution >= 4 is 29.1 Å². The molecule has 0 N–H and O–H groups in total. The molecule has 1 aromatic heterocycles. The fourth-order valence-corrected chi connectivity index (χ4v) is 4.28. The molecule has 0 radical (unpaired) electrons. The summed E-state index contributed by atoms with van der Waals surface area (Å²) in [6.45, 7) is 2.62. The molecule has 3 aromatic rings. The predicted octanol–water partition coefficient (Wildman–Crippen LogP) is 4.24. The number of carbonyl (C=O) groups excluding carboxylic acids is 2. The van der Waals surface area contributed by atoms with Gasteiger partial charge in [0, 0.05) is 24.7 Å². The molecule has 2 amide bonds. The quantitative estimate of drug-likeness (QED) is 0.561. The lowest BCUT2D eigenvalue weighted by Crippen LogP contribution is -2.38. The van der Waals surface area contributed by atoms with Gasteiger partial charge in [0.2, 0.25) is 23.6 Å². The van der Waals surface area contributed by atoms with Gasteiger partial charge in [-0.3, -0.25) is 9.59 Å².